The van der Waals surface area contributed by atoms with E-state index in [9.17, 15) is 20.2 Å². The zero-order valence-corrected chi connectivity index (χ0v) is 8.21. The Bertz CT molecular complexity index is 384. The van der Waals surface area contributed by atoms with E-state index in [2.05, 4.69) is 0 Å². The van der Waals surface area contributed by atoms with Crippen LogP contribution in [0.4, 0.5) is 17.1 Å². The van der Waals surface area contributed by atoms with Crippen LogP contribution in [0.15, 0.2) is 18.2 Å². The first kappa shape index (κ1) is 10.9. The van der Waals surface area contributed by atoms with Gasteiger partial charge in [-0.1, -0.05) is 0 Å². The van der Waals surface area contributed by atoms with Gasteiger partial charge in [0.05, 0.1) is 15.9 Å². The van der Waals surface area contributed by atoms with Crippen molar-refractivity contribution >= 4 is 17.1 Å². The minimum Gasteiger partial charge on any atom is -0.377 e. The summed E-state index contributed by atoms with van der Waals surface area (Å²) in [7, 11) is 3.31. The summed E-state index contributed by atoms with van der Waals surface area (Å²) in [6.45, 7) is 0. The number of hydrogen-bond donors (Lipinski definition) is 0. The predicted molar refractivity (Wildman–Crippen MR) is 54.1 cm³/mol. The van der Waals surface area contributed by atoms with Gasteiger partial charge in [-0.15, -0.1) is 0 Å². The normalized spacial score (nSPS) is 9.73. The number of hydrogen-bond acceptors (Lipinski definition) is 5. The summed E-state index contributed by atoms with van der Waals surface area (Å²) in [5, 5.41) is 21.0. The fraction of sp³-hybridized carbons (Fsp3) is 0.250. The van der Waals surface area contributed by atoms with Crippen LogP contribution in [-0.2, 0) is 0 Å². The maximum Gasteiger partial charge on any atom is 0.278 e. The standard InChI is InChI=1S/C8H9N3O4/c1-9(2)6-3-7(10(12)13)5-8(4-6)11(14)15/h3-5H,1-2H3. The molecule has 0 unspecified atom stereocenters. The molecule has 0 fully saturated rings. The topological polar surface area (TPSA) is 89.5 Å². The van der Waals surface area contributed by atoms with Crippen molar-refractivity contribution in [2.45, 2.75) is 0 Å². The van der Waals surface area contributed by atoms with Crippen molar-refractivity contribution in [1.82, 2.24) is 0 Å². The molecule has 0 bridgehead atoms. The molecule has 7 nitrogen and oxygen atoms in total. The predicted octanol–water partition coefficient (Wildman–Crippen LogP) is 1.57. The van der Waals surface area contributed by atoms with Crippen LogP contribution >= 0.6 is 0 Å². The van der Waals surface area contributed by atoms with Gasteiger partial charge in [-0.25, -0.2) is 0 Å². The maximum atomic E-state index is 10.5. The summed E-state index contributed by atoms with van der Waals surface area (Å²) >= 11 is 0. The summed E-state index contributed by atoms with van der Waals surface area (Å²) in [5.41, 5.74) is -0.142. The van der Waals surface area contributed by atoms with Crippen molar-refractivity contribution < 1.29 is 9.85 Å². The molecule has 0 heterocycles. The highest BCUT2D eigenvalue weighted by Gasteiger charge is 2.16. The monoisotopic (exact) mass is 211 g/mol. The minimum absolute atomic E-state index is 0.284. The lowest BCUT2D eigenvalue weighted by Crippen LogP contribution is -2.09. The molecule has 0 aliphatic rings. The van der Waals surface area contributed by atoms with Crippen molar-refractivity contribution in [3.63, 3.8) is 0 Å². The summed E-state index contributed by atoms with van der Waals surface area (Å²) in [4.78, 5) is 21.3. The van der Waals surface area contributed by atoms with Gasteiger partial charge in [0, 0.05) is 31.9 Å². The molecule has 1 aromatic rings. The zero-order valence-electron chi connectivity index (χ0n) is 8.21. The van der Waals surface area contributed by atoms with Crippen molar-refractivity contribution in [2.75, 3.05) is 19.0 Å². The number of non-ortho nitro benzene ring substituents is 2. The fourth-order valence-electron chi connectivity index (χ4n) is 1.05. The highest BCUT2D eigenvalue weighted by Crippen LogP contribution is 2.26. The minimum atomic E-state index is -0.653. The highest BCUT2D eigenvalue weighted by molar-refractivity contribution is 5.59. The number of nitro benzene ring substituents is 2. The number of benzene rings is 1. The van der Waals surface area contributed by atoms with E-state index in [1.165, 1.54) is 12.1 Å². The zero-order chi connectivity index (χ0) is 11.6. The van der Waals surface area contributed by atoms with E-state index >= 15 is 0 Å². The van der Waals surface area contributed by atoms with Gasteiger partial charge >= 0.3 is 0 Å². The third kappa shape index (κ3) is 2.39. The number of nitrogens with zero attached hydrogens (tertiary/aromatic N) is 3. The first-order valence-electron chi connectivity index (χ1n) is 4.03. The van der Waals surface area contributed by atoms with Crippen molar-refractivity contribution in [3.05, 3.63) is 38.4 Å². The molecule has 0 aliphatic heterocycles. The first-order valence-corrected chi connectivity index (χ1v) is 4.03. The molecule has 0 N–H and O–H groups in total. The molecular weight excluding hydrogens is 202 g/mol. The molecule has 15 heavy (non-hydrogen) atoms. The molecule has 0 aliphatic carbocycles. The Hall–Kier alpha value is -2.18. The Morgan fingerprint density at radius 2 is 1.40 bits per heavy atom. The second-order valence-electron chi connectivity index (χ2n) is 3.12. The van der Waals surface area contributed by atoms with Gasteiger partial charge < -0.3 is 4.90 Å². The third-order valence-corrected chi connectivity index (χ3v) is 1.83. The highest BCUT2D eigenvalue weighted by atomic mass is 16.6. The molecule has 0 amide bonds. The number of anilines is 1. The molecule has 7 heteroatoms. The van der Waals surface area contributed by atoms with Crippen molar-refractivity contribution in [3.8, 4) is 0 Å². The van der Waals surface area contributed by atoms with Gasteiger partial charge in [-0.2, -0.15) is 0 Å². The molecule has 0 saturated heterocycles. The smallest absolute Gasteiger partial charge is 0.278 e. The average molecular weight is 211 g/mol. The van der Waals surface area contributed by atoms with Crippen LogP contribution in [0.1, 0.15) is 0 Å². The summed E-state index contributed by atoms with van der Waals surface area (Å²) in [6.07, 6.45) is 0. The van der Waals surface area contributed by atoms with Gasteiger partial charge in [-0.05, 0) is 0 Å². The Balaban J connectivity index is 3.32. The molecule has 0 aromatic heterocycles. The van der Waals surface area contributed by atoms with E-state index in [1.807, 2.05) is 0 Å². The van der Waals surface area contributed by atoms with Crippen LogP contribution in [0.5, 0.6) is 0 Å². The Kier molecular flexibility index (Phi) is 2.84. The number of nitro groups is 2. The quantitative estimate of drug-likeness (QED) is 0.559. The molecule has 0 spiro atoms. The lowest BCUT2D eigenvalue weighted by Gasteiger charge is -2.11. The van der Waals surface area contributed by atoms with Crippen LogP contribution in [0, 0.1) is 20.2 Å². The van der Waals surface area contributed by atoms with Crippen LogP contribution in [0.25, 0.3) is 0 Å². The second kappa shape index (κ2) is 3.91. The molecule has 0 radical (unpaired) electrons. The van der Waals surface area contributed by atoms with Gasteiger partial charge in [0.15, 0.2) is 0 Å². The van der Waals surface area contributed by atoms with E-state index in [-0.39, 0.29) is 11.4 Å². The SMILES string of the molecule is CN(C)c1cc([N+](=O)[O-])cc([N+](=O)[O-])c1. The van der Waals surface area contributed by atoms with Crippen LogP contribution in [0.3, 0.4) is 0 Å². The van der Waals surface area contributed by atoms with E-state index in [4.69, 9.17) is 0 Å². The van der Waals surface area contributed by atoms with Crippen LogP contribution in [0.2, 0.25) is 0 Å². The average Bonchev–Trinajstić information content (AvgIpc) is 2.16. The third-order valence-electron chi connectivity index (χ3n) is 1.83. The van der Waals surface area contributed by atoms with E-state index in [0.717, 1.165) is 6.07 Å². The Morgan fingerprint density at radius 1 is 1.00 bits per heavy atom. The molecule has 0 saturated carbocycles. The molecule has 1 aromatic carbocycles. The lowest BCUT2D eigenvalue weighted by atomic mass is 10.2. The first-order chi connectivity index (χ1) is 6.91. The van der Waals surface area contributed by atoms with E-state index in [0.29, 0.717) is 5.69 Å². The molecule has 1 rings (SSSR count). The Morgan fingerprint density at radius 3 is 1.67 bits per heavy atom. The maximum absolute atomic E-state index is 10.5. The Labute approximate surface area is 85.2 Å². The van der Waals surface area contributed by atoms with Gasteiger partial charge in [0.25, 0.3) is 11.4 Å². The fourth-order valence-corrected chi connectivity index (χ4v) is 1.05. The summed E-state index contributed by atoms with van der Waals surface area (Å²) < 4.78 is 0. The molecule has 80 valence electrons. The number of rotatable bonds is 3. The van der Waals surface area contributed by atoms with E-state index in [1.54, 1.807) is 19.0 Å². The van der Waals surface area contributed by atoms with Crippen molar-refractivity contribution in [2.24, 2.45) is 0 Å². The molecular formula is C8H9N3O4. The molecule has 0 atom stereocenters. The van der Waals surface area contributed by atoms with Gasteiger partial charge in [0.2, 0.25) is 0 Å². The largest absolute Gasteiger partial charge is 0.377 e. The van der Waals surface area contributed by atoms with Crippen LogP contribution < -0.4 is 4.90 Å². The van der Waals surface area contributed by atoms with Crippen molar-refractivity contribution in [1.29, 1.82) is 0 Å². The van der Waals surface area contributed by atoms with Crippen LogP contribution in [-0.4, -0.2) is 23.9 Å². The summed E-state index contributed by atoms with van der Waals surface area (Å²) in [5.74, 6) is 0. The van der Waals surface area contributed by atoms with Gasteiger partial charge in [0.1, 0.15) is 0 Å². The second-order valence-corrected chi connectivity index (χ2v) is 3.12. The lowest BCUT2D eigenvalue weighted by molar-refractivity contribution is -0.394. The summed E-state index contributed by atoms with van der Waals surface area (Å²) in [6, 6.07) is 3.51. The van der Waals surface area contributed by atoms with E-state index < -0.39 is 9.85 Å². The van der Waals surface area contributed by atoms with Gasteiger partial charge in [-0.3, -0.25) is 20.2 Å².